The van der Waals surface area contributed by atoms with Gasteiger partial charge in [-0.2, -0.15) is 5.10 Å². The molecule has 0 aromatic carbocycles. The number of imidazole rings is 1. The molecule has 0 spiro atoms. The van der Waals surface area contributed by atoms with Crippen LogP contribution in [-0.4, -0.2) is 19.3 Å². The summed E-state index contributed by atoms with van der Waals surface area (Å²) in [6.45, 7) is 0. The van der Waals surface area contributed by atoms with Gasteiger partial charge in [0.1, 0.15) is 11.6 Å². The van der Waals surface area contributed by atoms with Crippen molar-refractivity contribution in [3.8, 4) is 11.6 Å². The van der Waals surface area contributed by atoms with Crippen LogP contribution in [0.4, 0.5) is 0 Å². The molecule has 0 radical (unpaired) electrons. The van der Waals surface area contributed by atoms with Crippen molar-refractivity contribution in [3.05, 3.63) is 55.4 Å². The van der Waals surface area contributed by atoms with Crippen LogP contribution in [-0.2, 0) is 25.8 Å². The third-order valence-electron chi connectivity index (χ3n) is 2.41. The van der Waals surface area contributed by atoms with Gasteiger partial charge in [-0.1, -0.05) is 6.07 Å². The van der Waals surface area contributed by atoms with Gasteiger partial charge in [0.2, 0.25) is 6.33 Å². The Kier molecular flexibility index (Phi) is 4.88. The Balaban J connectivity index is 0.000000637. The molecular weight excluding hydrogens is 445 g/mol. The number of hydrogen-bond acceptors (Lipinski definition) is 2. The molecule has 7 heteroatoms. The molecule has 0 aliphatic heterocycles. The summed E-state index contributed by atoms with van der Waals surface area (Å²) in [7, 11) is 6.54. The van der Waals surface area contributed by atoms with E-state index in [1.165, 1.54) is 0 Å². The first kappa shape index (κ1) is 14.0. The second-order valence-corrected chi connectivity index (χ2v) is 3.68. The Morgan fingerprint density at radius 2 is 2.00 bits per heavy atom. The molecule has 0 amide bonds. The van der Waals surface area contributed by atoms with Crippen molar-refractivity contribution in [2.24, 2.45) is 7.05 Å². The van der Waals surface area contributed by atoms with Gasteiger partial charge in [0.15, 0.2) is 0 Å². The molecule has 0 N–H and O–H groups in total. The van der Waals surface area contributed by atoms with E-state index in [9.17, 15) is 0 Å². The summed E-state index contributed by atoms with van der Waals surface area (Å²) in [5, 5.41) is 4.16. The first-order chi connectivity index (χ1) is 9.33. The van der Waals surface area contributed by atoms with E-state index in [0.717, 1.165) is 11.6 Å². The van der Waals surface area contributed by atoms with Gasteiger partial charge < -0.3 is 9.13 Å². The Labute approximate surface area is 126 Å². The zero-order valence-electron chi connectivity index (χ0n) is 10.0. The molecule has 0 fully saturated rings. The maximum atomic E-state index is 4.61. The summed E-state index contributed by atoms with van der Waals surface area (Å²) in [5.74, 6) is 1.61. The predicted octanol–water partition coefficient (Wildman–Crippen LogP) is 1.37. The minimum atomic E-state index is 0.789. The first-order valence-corrected chi connectivity index (χ1v) is 8.20. The standard InChI is InChI=1S/C12H11N5.ClH.Pt/c1-15-8-9-16(10-15)11-4-2-5-12(14-11)17-7-3-6-13-17;;/h2-9H,1H3;1H;/q;;+2/p-1. The fraction of sp³-hybridized carbons (Fsp3) is 0.0833. The van der Waals surface area contributed by atoms with Gasteiger partial charge in [-0.05, 0) is 18.2 Å². The molecule has 3 rings (SSSR count). The van der Waals surface area contributed by atoms with Crippen LogP contribution in [0.5, 0.6) is 0 Å². The Bertz CT molecular complexity index is 635. The number of pyridine rings is 1. The summed E-state index contributed by atoms with van der Waals surface area (Å²) >= 11 is 1.61. The SMILES string of the molecule is C[n+]1[c-]n(-c2cccc(-n3cccn3)n2)cc1.[Cl][Pt+]. The van der Waals surface area contributed by atoms with Crippen molar-refractivity contribution < 1.29 is 23.3 Å². The van der Waals surface area contributed by atoms with Gasteiger partial charge in [-0.25, -0.2) is 9.67 Å². The van der Waals surface area contributed by atoms with Crippen LogP contribution in [0.3, 0.4) is 0 Å². The predicted molar refractivity (Wildman–Crippen MR) is 66.6 cm³/mol. The molecule has 100 valence electrons. The van der Waals surface area contributed by atoms with Gasteiger partial charge in [-0.15, -0.1) is 0 Å². The quantitative estimate of drug-likeness (QED) is 0.432. The van der Waals surface area contributed by atoms with Crippen LogP contribution in [0, 0.1) is 6.33 Å². The Hall–Kier alpha value is -1.45. The topological polar surface area (TPSA) is 39.5 Å². The van der Waals surface area contributed by atoms with E-state index in [-0.39, 0.29) is 0 Å². The van der Waals surface area contributed by atoms with Crippen molar-refractivity contribution in [2.45, 2.75) is 0 Å². The molecule has 0 atom stereocenters. The van der Waals surface area contributed by atoms with E-state index in [4.69, 9.17) is 0 Å². The molecule has 3 heterocycles. The first-order valence-electron chi connectivity index (χ1n) is 5.39. The van der Waals surface area contributed by atoms with E-state index >= 15 is 0 Å². The molecule has 0 aliphatic carbocycles. The van der Waals surface area contributed by atoms with Crippen LogP contribution in [0.2, 0.25) is 0 Å². The Morgan fingerprint density at radius 3 is 2.63 bits per heavy atom. The van der Waals surface area contributed by atoms with E-state index in [1.54, 1.807) is 29.7 Å². The molecule has 3 aromatic heterocycles. The van der Waals surface area contributed by atoms with Crippen molar-refractivity contribution >= 4 is 9.42 Å². The molecule has 0 bridgehead atoms. The van der Waals surface area contributed by atoms with Crippen LogP contribution in [0.25, 0.3) is 11.6 Å². The van der Waals surface area contributed by atoms with Crippen LogP contribution in [0.1, 0.15) is 0 Å². The van der Waals surface area contributed by atoms with Crippen molar-refractivity contribution in [2.75, 3.05) is 0 Å². The van der Waals surface area contributed by atoms with E-state index in [0.29, 0.717) is 0 Å². The second-order valence-electron chi connectivity index (χ2n) is 3.68. The molecule has 0 unspecified atom stereocenters. The van der Waals surface area contributed by atoms with Crippen LogP contribution >= 0.6 is 9.42 Å². The fourth-order valence-corrected chi connectivity index (χ4v) is 1.61. The van der Waals surface area contributed by atoms with Crippen molar-refractivity contribution in [1.82, 2.24) is 19.3 Å². The zero-order valence-corrected chi connectivity index (χ0v) is 13.1. The number of aromatic nitrogens is 5. The van der Waals surface area contributed by atoms with Crippen LogP contribution in [0.15, 0.2) is 49.1 Å². The number of aryl methyl sites for hydroxylation is 1. The average molecular weight is 456 g/mol. The molecule has 3 aromatic rings. The fourth-order valence-electron chi connectivity index (χ4n) is 1.61. The summed E-state index contributed by atoms with van der Waals surface area (Å²) in [4.78, 5) is 4.52. The number of nitrogens with zero attached hydrogens (tertiary/aromatic N) is 5. The molecule has 19 heavy (non-hydrogen) atoms. The summed E-state index contributed by atoms with van der Waals surface area (Å²) in [6.07, 6.45) is 10.5. The van der Waals surface area contributed by atoms with E-state index < -0.39 is 0 Å². The Morgan fingerprint density at radius 1 is 1.21 bits per heavy atom. The van der Waals surface area contributed by atoms with Crippen molar-refractivity contribution in [3.63, 3.8) is 0 Å². The third-order valence-corrected chi connectivity index (χ3v) is 2.41. The average Bonchev–Trinajstić information content (AvgIpc) is 3.12. The third kappa shape index (κ3) is 3.31. The normalized spacial score (nSPS) is 9.89. The maximum absolute atomic E-state index is 4.61. The summed E-state index contributed by atoms with van der Waals surface area (Å²) < 4.78 is 5.42. The molecular formula is C12H11ClN5Pt+. The van der Waals surface area contributed by atoms with Gasteiger partial charge in [0.25, 0.3) is 0 Å². The number of hydrogen-bond donors (Lipinski definition) is 0. The minimum absolute atomic E-state index is 0.789. The molecule has 5 nitrogen and oxygen atoms in total. The summed E-state index contributed by atoms with van der Waals surface area (Å²) in [5.41, 5.74) is 0. The van der Waals surface area contributed by atoms with Gasteiger partial charge in [0, 0.05) is 24.8 Å². The van der Waals surface area contributed by atoms with Crippen molar-refractivity contribution in [1.29, 1.82) is 0 Å². The van der Waals surface area contributed by atoms with Gasteiger partial charge >= 0.3 is 28.2 Å². The van der Waals surface area contributed by atoms with E-state index in [1.807, 2.05) is 59.0 Å². The second kappa shape index (κ2) is 6.64. The van der Waals surface area contributed by atoms with E-state index in [2.05, 4.69) is 25.8 Å². The molecule has 0 aliphatic rings. The molecule has 0 saturated heterocycles. The van der Waals surface area contributed by atoms with Gasteiger partial charge in [-0.3, -0.25) is 0 Å². The zero-order chi connectivity index (χ0) is 13.7. The van der Waals surface area contributed by atoms with Crippen LogP contribution < -0.4 is 4.57 Å². The summed E-state index contributed by atoms with van der Waals surface area (Å²) in [6, 6.07) is 7.67. The number of halogens is 1. The monoisotopic (exact) mass is 455 g/mol. The van der Waals surface area contributed by atoms with Gasteiger partial charge in [0.05, 0.1) is 7.05 Å². The number of rotatable bonds is 2. The molecule has 0 saturated carbocycles.